The minimum atomic E-state index is -2.13. The van der Waals surface area contributed by atoms with Gasteiger partial charge in [-0.15, -0.1) is 0 Å². The van der Waals surface area contributed by atoms with Crippen molar-refractivity contribution in [2.45, 2.75) is 61.4 Å². The van der Waals surface area contributed by atoms with Gasteiger partial charge in [0.15, 0.2) is 30.7 Å². The van der Waals surface area contributed by atoms with E-state index in [1.807, 2.05) is 0 Å². The molecule has 87 heavy (non-hydrogen) atoms. The highest BCUT2D eigenvalue weighted by molar-refractivity contribution is 5.93. The normalized spacial score (nSPS) is 21.3. The molecule has 0 N–H and O–H groups in total. The Balaban J connectivity index is 1.14. The van der Waals surface area contributed by atoms with Crippen molar-refractivity contribution in [1.29, 1.82) is 0 Å². The van der Waals surface area contributed by atoms with E-state index in [-0.39, 0.29) is 44.5 Å². The van der Waals surface area contributed by atoms with Crippen molar-refractivity contribution in [2.24, 2.45) is 0 Å². The molecule has 2 aliphatic rings. The summed E-state index contributed by atoms with van der Waals surface area (Å²) in [5.41, 5.74) is 0.168. The maximum Gasteiger partial charge on any atom is 0.340 e. The summed E-state index contributed by atoms with van der Waals surface area (Å²) in [6.07, 6.45) is -19.4. The first-order valence-electron chi connectivity index (χ1n) is 27.4. The second-order valence-corrected chi connectivity index (χ2v) is 19.6. The summed E-state index contributed by atoms with van der Waals surface area (Å²) in [4.78, 5) is 115. The van der Waals surface area contributed by atoms with Crippen molar-refractivity contribution in [3.63, 3.8) is 0 Å². The number of hydrogen-bond donors (Lipinski definition) is 0. The molecule has 0 bridgehead atoms. The minimum Gasteiger partial charge on any atom is -0.459 e. The van der Waals surface area contributed by atoms with Crippen LogP contribution in [0.15, 0.2) is 243 Å². The first-order chi connectivity index (χ1) is 42.5. The topological polar surface area (TPSA) is 238 Å². The Morgan fingerprint density at radius 2 is 0.460 bits per heavy atom. The number of ether oxygens (including phenoxy) is 11. The molecule has 8 aromatic rings. The molecule has 2 heterocycles. The smallest absolute Gasteiger partial charge is 0.340 e. The quantitative estimate of drug-likeness (QED) is 0.0510. The van der Waals surface area contributed by atoms with Crippen LogP contribution >= 0.6 is 0 Å². The van der Waals surface area contributed by atoms with E-state index in [4.69, 9.17) is 52.1 Å². The van der Waals surface area contributed by atoms with E-state index in [2.05, 4.69) is 0 Å². The van der Waals surface area contributed by atoms with Gasteiger partial charge in [0.25, 0.3) is 0 Å². The summed E-state index contributed by atoms with van der Waals surface area (Å²) >= 11 is 0. The Labute approximate surface area is 498 Å². The molecule has 0 aliphatic carbocycles. The van der Waals surface area contributed by atoms with Gasteiger partial charge in [0.1, 0.15) is 31.5 Å². The molecule has 2 saturated heterocycles. The molecule has 8 aromatic carbocycles. The van der Waals surface area contributed by atoms with E-state index < -0.39 is 122 Å². The maximum atomic E-state index is 14.7. The van der Waals surface area contributed by atoms with Crippen molar-refractivity contribution in [3.05, 3.63) is 287 Å². The number of benzene rings is 8. The monoisotopic (exact) mass is 1170 g/mol. The van der Waals surface area contributed by atoms with Crippen LogP contribution in [0.2, 0.25) is 0 Å². The fraction of sp³-hybridized carbons (Fsp3) is 0.176. The molecule has 19 nitrogen and oxygen atoms in total. The molecule has 0 aromatic heterocycles. The van der Waals surface area contributed by atoms with Gasteiger partial charge in [0.2, 0.25) is 12.4 Å². The average molecular weight is 1180 g/mol. The molecular formula is C68H54O19. The third-order valence-electron chi connectivity index (χ3n) is 13.7. The predicted molar refractivity (Wildman–Crippen MR) is 306 cm³/mol. The molecule has 0 amide bonds. The fourth-order valence-electron chi connectivity index (χ4n) is 9.42. The second-order valence-electron chi connectivity index (χ2n) is 19.6. The van der Waals surface area contributed by atoms with Crippen LogP contribution in [-0.4, -0.2) is 122 Å². The van der Waals surface area contributed by atoms with E-state index in [1.165, 1.54) is 97.1 Å². The SMILES string of the molecule is O=C(OC[C@H]1O[C@H](O[C@H]2[C@H](OC(=O)c3ccccc3)[C@H](OC(=O)c3ccccc3)[C@@H](OC(=O)c3ccccc3)O[C@@H]2COC(=O)c2ccccc2)[C@H](OC(=O)c2ccccc2)[C@@H](OC(=O)c2ccccc2)[C@H]1OC(=O)c1ccccc1)c1ccccc1. The first kappa shape index (κ1) is 59.6. The van der Waals surface area contributed by atoms with E-state index >= 15 is 0 Å². The summed E-state index contributed by atoms with van der Waals surface area (Å²) in [7, 11) is 0. The van der Waals surface area contributed by atoms with Gasteiger partial charge in [0, 0.05) is 0 Å². The number of esters is 8. The van der Waals surface area contributed by atoms with Crippen LogP contribution in [0.4, 0.5) is 0 Å². The Morgan fingerprint density at radius 1 is 0.241 bits per heavy atom. The maximum absolute atomic E-state index is 14.7. The van der Waals surface area contributed by atoms with Gasteiger partial charge in [-0.25, -0.2) is 38.4 Å². The highest BCUT2D eigenvalue weighted by atomic mass is 16.8. The van der Waals surface area contributed by atoms with Gasteiger partial charge < -0.3 is 52.1 Å². The molecular weight excluding hydrogens is 1120 g/mol. The van der Waals surface area contributed by atoms with Crippen molar-refractivity contribution in [3.8, 4) is 0 Å². The molecule has 10 atom stereocenters. The Kier molecular flexibility index (Phi) is 19.7. The molecule has 19 heteroatoms. The summed E-state index contributed by atoms with van der Waals surface area (Å²) in [5.74, 6) is -7.88. The average Bonchev–Trinajstić information content (AvgIpc) is 3.65. The van der Waals surface area contributed by atoms with Gasteiger partial charge in [0.05, 0.1) is 44.5 Å². The number of carbonyl (C=O) groups excluding carboxylic acids is 8. The summed E-state index contributed by atoms with van der Waals surface area (Å²) in [6, 6.07) is 61.7. The standard InChI is InChI=1S/C68H54O19/c69-59(43-25-9-1-10-26-43)77-41-51-53(81-61(71)45-29-13-3-14-30-45)55(82-62(72)46-31-15-4-16-32-46)57(84-64(74)48-35-19-6-20-36-48)67(79-51)86-54-52(42-78-60(70)44-27-11-2-12-28-44)80-68(87-66(76)50-39-23-8-24-40-50)58(85-65(75)49-37-21-7-22-38-49)56(54)83-63(73)47-33-17-5-18-34-47/h1-40,51-58,67-68H,41-42H2/t51-,52-,53+,54-,55+,56+,57-,58+,67-,68-/m1/s1. The first-order valence-corrected chi connectivity index (χ1v) is 27.4. The third kappa shape index (κ3) is 15.2. The van der Waals surface area contributed by atoms with Crippen LogP contribution in [0.3, 0.4) is 0 Å². The highest BCUT2D eigenvalue weighted by Crippen LogP contribution is 2.37. The molecule has 2 aliphatic heterocycles. The summed E-state index contributed by atoms with van der Waals surface area (Å²) in [5, 5.41) is 0. The third-order valence-corrected chi connectivity index (χ3v) is 13.7. The van der Waals surface area contributed by atoms with Crippen molar-refractivity contribution in [2.75, 3.05) is 13.2 Å². The Hall–Kier alpha value is -10.6. The van der Waals surface area contributed by atoms with Crippen LogP contribution in [0.25, 0.3) is 0 Å². The number of carbonyl (C=O) groups is 8. The zero-order valence-corrected chi connectivity index (χ0v) is 46.0. The molecule has 0 unspecified atom stereocenters. The molecule has 10 rings (SSSR count). The minimum absolute atomic E-state index is 0.00860. The Bertz CT molecular complexity index is 3620. The van der Waals surface area contributed by atoms with Gasteiger partial charge in [-0.3, -0.25) is 0 Å². The summed E-state index contributed by atoms with van der Waals surface area (Å²) in [6.45, 7) is -1.58. The van der Waals surface area contributed by atoms with Gasteiger partial charge >= 0.3 is 47.8 Å². The number of hydrogen-bond acceptors (Lipinski definition) is 19. The van der Waals surface area contributed by atoms with Crippen LogP contribution < -0.4 is 0 Å². The molecule has 2 fully saturated rings. The lowest BCUT2D eigenvalue weighted by Crippen LogP contribution is -2.67. The molecule has 0 radical (unpaired) electrons. The Morgan fingerprint density at radius 3 is 0.770 bits per heavy atom. The molecule has 440 valence electrons. The largest absolute Gasteiger partial charge is 0.459 e. The van der Waals surface area contributed by atoms with Gasteiger partial charge in [-0.2, -0.15) is 0 Å². The lowest BCUT2D eigenvalue weighted by Gasteiger charge is -2.48. The lowest BCUT2D eigenvalue weighted by molar-refractivity contribution is -0.351. The van der Waals surface area contributed by atoms with Gasteiger partial charge in [-0.1, -0.05) is 146 Å². The van der Waals surface area contributed by atoms with Gasteiger partial charge in [-0.05, 0) is 97.1 Å². The van der Waals surface area contributed by atoms with E-state index in [9.17, 15) is 38.4 Å². The molecule has 0 saturated carbocycles. The van der Waals surface area contributed by atoms with Crippen LogP contribution in [0, 0.1) is 0 Å². The fourth-order valence-corrected chi connectivity index (χ4v) is 9.42. The van der Waals surface area contributed by atoms with Crippen molar-refractivity contribution >= 4 is 47.8 Å². The van der Waals surface area contributed by atoms with Crippen molar-refractivity contribution < 1.29 is 90.5 Å². The van der Waals surface area contributed by atoms with Crippen LogP contribution in [-0.2, 0) is 52.1 Å². The van der Waals surface area contributed by atoms with E-state index in [1.54, 1.807) is 146 Å². The zero-order valence-electron chi connectivity index (χ0n) is 46.0. The zero-order chi connectivity index (χ0) is 60.5. The highest BCUT2D eigenvalue weighted by Gasteiger charge is 2.59. The van der Waals surface area contributed by atoms with Crippen molar-refractivity contribution in [1.82, 2.24) is 0 Å². The van der Waals surface area contributed by atoms with E-state index in [0.717, 1.165) is 0 Å². The lowest BCUT2D eigenvalue weighted by atomic mass is 9.95. The predicted octanol–water partition coefficient (Wildman–Crippen LogP) is 9.52. The molecule has 0 spiro atoms. The van der Waals surface area contributed by atoms with Crippen LogP contribution in [0.5, 0.6) is 0 Å². The van der Waals surface area contributed by atoms with Crippen LogP contribution in [0.1, 0.15) is 82.9 Å². The van der Waals surface area contributed by atoms with E-state index in [0.29, 0.717) is 0 Å². The number of rotatable bonds is 20. The second kappa shape index (κ2) is 28.8. The summed E-state index contributed by atoms with van der Waals surface area (Å²) < 4.78 is 69.7.